The Morgan fingerprint density at radius 1 is 1.18 bits per heavy atom. The van der Waals surface area contributed by atoms with Crippen LogP contribution in [0.15, 0.2) is 10.9 Å². The topological polar surface area (TPSA) is 81.8 Å². The van der Waals surface area contributed by atoms with E-state index in [0.29, 0.717) is 23.8 Å². The number of fused-ring (bicyclic) bond motifs is 1. The first-order valence-corrected chi connectivity index (χ1v) is 10.5. The van der Waals surface area contributed by atoms with E-state index in [1.54, 1.807) is 6.33 Å². The maximum absolute atomic E-state index is 9.69. The number of aromatic nitrogens is 3. The third-order valence-corrected chi connectivity index (χ3v) is 6.41. The third kappa shape index (κ3) is 3.73. The molecular formula is C20H32N6O2. The molecule has 0 radical (unpaired) electrons. The van der Waals surface area contributed by atoms with Crippen LogP contribution in [0.2, 0.25) is 0 Å². The third-order valence-electron chi connectivity index (χ3n) is 6.41. The second-order valence-corrected chi connectivity index (χ2v) is 8.36. The Hall–Kier alpha value is -1.77. The van der Waals surface area contributed by atoms with Gasteiger partial charge in [-0.25, -0.2) is 4.98 Å². The van der Waals surface area contributed by atoms with Crippen LogP contribution >= 0.6 is 0 Å². The Morgan fingerprint density at radius 2 is 1.96 bits per heavy atom. The largest absolute Gasteiger partial charge is 0.396 e. The Labute approximate surface area is 166 Å². The van der Waals surface area contributed by atoms with Crippen molar-refractivity contribution in [1.29, 1.82) is 0 Å². The number of hydrogen-bond donors (Lipinski definition) is 1. The molecule has 0 spiro atoms. The molecule has 0 aromatic carbocycles. The summed E-state index contributed by atoms with van der Waals surface area (Å²) in [6.07, 6.45) is 4.76. The van der Waals surface area contributed by atoms with Gasteiger partial charge < -0.3 is 19.4 Å². The normalized spacial score (nSPS) is 23.2. The van der Waals surface area contributed by atoms with Gasteiger partial charge in [-0.2, -0.15) is 4.98 Å². The van der Waals surface area contributed by atoms with E-state index < -0.39 is 0 Å². The number of likely N-dealkylation sites (tertiary alicyclic amines) is 1. The molecule has 0 saturated carbocycles. The summed E-state index contributed by atoms with van der Waals surface area (Å²) in [5.41, 5.74) is 1.37. The van der Waals surface area contributed by atoms with Gasteiger partial charge in [0.25, 0.3) is 5.71 Å². The Bertz CT molecular complexity index is 786. The molecule has 4 heterocycles. The zero-order valence-electron chi connectivity index (χ0n) is 17.2. The molecule has 0 unspecified atom stereocenters. The average molecular weight is 389 g/mol. The molecule has 8 heteroatoms. The van der Waals surface area contributed by atoms with Crippen molar-refractivity contribution >= 4 is 16.9 Å². The zero-order valence-corrected chi connectivity index (χ0v) is 17.2. The molecule has 0 amide bonds. The Kier molecular flexibility index (Phi) is 5.80. The molecule has 4 rings (SSSR count). The summed E-state index contributed by atoms with van der Waals surface area (Å²) < 4.78 is 5.32. The minimum atomic E-state index is 0.214. The molecule has 154 valence electrons. The molecule has 2 aliphatic heterocycles. The van der Waals surface area contributed by atoms with Crippen molar-refractivity contribution in [3.8, 4) is 0 Å². The molecule has 0 aliphatic carbocycles. The molecule has 2 saturated heterocycles. The van der Waals surface area contributed by atoms with Crippen LogP contribution in [0, 0.1) is 6.92 Å². The van der Waals surface area contributed by atoms with Gasteiger partial charge in [0.2, 0.25) is 0 Å². The number of aliphatic hydroxyl groups is 1. The molecule has 1 N–H and O–H groups in total. The average Bonchev–Trinajstić information content (AvgIpc) is 3.09. The van der Waals surface area contributed by atoms with Crippen molar-refractivity contribution in [3.63, 3.8) is 0 Å². The van der Waals surface area contributed by atoms with Crippen LogP contribution in [0.5, 0.6) is 0 Å². The number of piperazine rings is 1. The van der Waals surface area contributed by atoms with Crippen molar-refractivity contribution in [1.82, 2.24) is 24.9 Å². The summed E-state index contributed by atoms with van der Waals surface area (Å²) in [5, 5.41) is 14.6. The van der Waals surface area contributed by atoms with Gasteiger partial charge in [-0.1, -0.05) is 5.16 Å². The molecule has 2 fully saturated rings. The summed E-state index contributed by atoms with van der Waals surface area (Å²) in [7, 11) is 0. The summed E-state index contributed by atoms with van der Waals surface area (Å²) in [6, 6.07) is 1.56. The fraction of sp³-hybridized carbons (Fsp3) is 0.750. The molecule has 1 atom stereocenters. The first-order chi connectivity index (χ1) is 13.6. The predicted octanol–water partition coefficient (Wildman–Crippen LogP) is 1.67. The van der Waals surface area contributed by atoms with E-state index in [4.69, 9.17) is 4.52 Å². The van der Waals surface area contributed by atoms with Crippen molar-refractivity contribution in [2.24, 2.45) is 0 Å². The van der Waals surface area contributed by atoms with Gasteiger partial charge in [-0.15, -0.1) is 0 Å². The first kappa shape index (κ1) is 19.5. The van der Waals surface area contributed by atoms with E-state index >= 15 is 0 Å². The quantitative estimate of drug-likeness (QED) is 0.828. The highest BCUT2D eigenvalue weighted by Crippen LogP contribution is 2.30. The van der Waals surface area contributed by atoms with Crippen molar-refractivity contribution in [2.45, 2.75) is 58.2 Å². The Morgan fingerprint density at radius 3 is 2.68 bits per heavy atom. The molecule has 2 aromatic heterocycles. The molecule has 8 nitrogen and oxygen atoms in total. The first-order valence-electron chi connectivity index (χ1n) is 10.5. The smallest absolute Gasteiger partial charge is 0.263 e. The number of nitrogens with zero attached hydrogens (tertiary/aromatic N) is 6. The van der Waals surface area contributed by atoms with Gasteiger partial charge in [-0.05, 0) is 53.1 Å². The molecule has 28 heavy (non-hydrogen) atoms. The lowest BCUT2D eigenvalue weighted by Gasteiger charge is -2.48. The fourth-order valence-electron chi connectivity index (χ4n) is 4.83. The van der Waals surface area contributed by atoms with Crippen LogP contribution in [0.4, 0.5) is 5.82 Å². The predicted molar refractivity (Wildman–Crippen MR) is 108 cm³/mol. The highest BCUT2D eigenvalue weighted by atomic mass is 16.5. The van der Waals surface area contributed by atoms with Gasteiger partial charge in [-0.3, -0.25) is 4.90 Å². The SMILES string of the molecule is Cc1noc2ncnc(N3CCN(C4CCN(C(C)C)CC4)[C@@H](CCO)C3)c12. The number of anilines is 1. The summed E-state index contributed by atoms with van der Waals surface area (Å²) in [4.78, 5) is 16.3. The van der Waals surface area contributed by atoms with Crippen LogP contribution in [0.1, 0.15) is 38.8 Å². The van der Waals surface area contributed by atoms with E-state index in [9.17, 15) is 5.11 Å². The number of piperidine rings is 1. The van der Waals surface area contributed by atoms with Crippen LogP contribution in [0.25, 0.3) is 11.1 Å². The van der Waals surface area contributed by atoms with E-state index in [0.717, 1.165) is 43.0 Å². The van der Waals surface area contributed by atoms with Gasteiger partial charge in [0.05, 0.1) is 5.69 Å². The monoisotopic (exact) mass is 388 g/mol. The minimum absolute atomic E-state index is 0.214. The number of aliphatic hydroxyl groups excluding tert-OH is 1. The van der Waals surface area contributed by atoms with Crippen molar-refractivity contribution < 1.29 is 9.63 Å². The lowest BCUT2D eigenvalue weighted by Crippen LogP contribution is -2.59. The number of rotatable bonds is 5. The number of hydrogen-bond acceptors (Lipinski definition) is 8. The van der Waals surface area contributed by atoms with Crippen LogP contribution in [-0.2, 0) is 0 Å². The van der Waals surface area contributed by atoms with Gasteiger partial charge in [0.1, 0.15) is 17.5 Å². The second-order valence-electron chi connectivity index (χ2n) is 8.36. The lowest BCUT2D eigenvalue weighted by atomic mass is 9.97. The molecule has 0 bridgehead atoms. The molecule has 2 aromatic rings. The molecular weight excluding hydrogens is 356 g/mol. The molecule has 2 aliphatic rings. The highest BCUT2D eigenvalue weighted by Gasteiger charge is 2.35. The maximum Gasteiger partial charge on any atom is 0.263 e. The van der Waals surface area contributed by atoms with Crippen LogP contribution in [0.3, 0.4) is 0 Å². The summed E-state index contributed by atoms with van der Waals surface area (Å²) in [5.74, 6) is 0.904. The standard InChI is InChI=1S/C20H32N6O2/c1-14(2)24-7-4-16(5-8-24)26-10-9-25(12-17(26)6-11-27)19-18-15(3)23-28-20(18)22-13-21-19/h13-14,16-17,27H,4-12H2,1-3H3/t17-/m0/s1. The van der Waals surface area contributed by atoms with Crippen LogP contribution in [-0.4, -0.2) is 87.5 Å². The van der Waals surface area contributed by atoms with Crippen LogP contribution < -0.4 is 4.90 Å². The maximum atomic E-state index is 9.69. The van der Waals surface area contributed by atoms with E-state index in [-0.39, 0.29) is 6.61 Å². The van der Waals surface area contributed by atoms with Gasteiger partial charge in [0.15, 0.2) is 0 Å². The summed E-state index contributed by atoms with van der Waals surface area (Å²) >= 11 is 0. The highest BCUT2D eigenvalue weighted by molar-refractivity contribution is 5.87. The fourth-order valence-corrected chi connectivity index (χ4v) is 4.83. The second kappa shape index (κ2) is 8.31. The summed E-state index contributed by atoms with van der Waals surface area (Å²) in [6.45, 7) is 11.8. The van der Waals surface area contributed by atoms with Gasteiger partial charge in [0, 0.05) is 44.4 Å². The lowest BCUT2D eigenvalue weighted by molar-refractivity contribution is 0.0463. The van der Waals surface area contributed by atoms with Gasteiger partial charge >= 0.3 is 0 Å². The zero-order chi connectivity index (χ0) is 19.7. The van der Waals surface area contributed by atoms with Crippen molar-refractivity contribution in [3.05, 3.63) is 12.0 Å². The minimum Gasteiger partial charge on any atom is -0.396 e. The van der Waals surface area contributed by atoms with E-state index in [2.05, 4.69) is 43.7 Å². The van der Waals surface area contributed by atoms with E-state index in [1.165, 1.54) is 25.9 Å². The van der Waals surface area contributed by atoms with Crippen molar-refractivity contribution in [2.75, 3.05) is 44.2 Å². The number of aryl methyl sites for hydroxylation is 1. The van der Waals surface area contributed by atoms with E-state index in [1.807, 2.05) is 6.92 Å². The Balaban J connectivity index is 1.50.